The number of hydrogen-bond donors (Lipinski definition) is 0. The van der Waals surface area contributed by atoms with E-state index in [2.05, 4.69) is 75.4 Å². The highest BCUT2D eigenvalue weighted by Gasteiger charge is 2.21. The van der Waals surface area contributed by atoms with Crippen LogP contribution >= 0.6 is 27.7 Å². The van der Waals surface area contributed by atoms with Gasteiger partial charge in [0.1, 0.15) is 12.7 Å². The lowest BCUT2D eigenvalue weighted by atomic mass is 9.84. The maximum absolute atomic E-state index is 9.56. The van der Waals surface area contributed by atoms with Crippen molar-refractivity contribution in [3.05, 3.63) is 75.8 Å². The van der Waals surface area contributed by atoms with Crippen molar-refractivity contribution >= 4 is 27.7 Å². The molecule has 0 fully saturated rings. The molecule has 0 aliphatic carbocycles. The molecule has 27 heavy (non-hydrogen) atoms. The van der Waals surface area contributed by atoms with Crippen LogP contribution in [0, 0.1) is 18.3 Å². The highest BCUT2D eigenvalue weighted by molar-refractivity contribution is 9.10. The van der Waals surface area contributed by atoms with Crippen LogP contribution in [-0.4, -0.2) is 14.8 Å². The number of benzene rings is 2. The molecule has 0 amide bonds. The summed E-state index contributed by atoms with van der Waals surface area (Å²) in [5, 5.41) is 13.8. The molecular weight excluding hydrogens is 420 g/mol. The molecule has 1 heterocycles. The number of nitrogens with zero attached hydrogens (tertiary/aromatic N) is 4. The van der Waals surface area contributed by atoms with E-state index in [1.54, 1.807) is 22.8 Å². The Labute approximate surface area is 172 Å². The van der Waals surface area contributed by atoms with E-state index in [1.165, 1.54) is 22.3 Å². The molecule has 2 aromatic carbocycles. The van der Waals surface area contributed by atoms with Crippen molar-refractivity contribution in [2.24, 2.45) is 0 Å². The van der Waals surface area contributed by atoms with E-state index in [1.807, 2.05) is 13.8 Å². The van der Waals surface area contributed by atoms with E-state index in [4.69, 9.17) is 0 Å². The third-order valence-corrected chi connectivity index (χ3v) is 6.33. The van der Waals surface area contributed by atoms with Crippen molar-refractivity contribution < 1.29 is 0 Å². The van der Waals surface area contributed by atoms with Gasteiger partial charge in [-0.1, -0.05) is 40.2 Å². The number of rotatable bonds is 6. The third kappa shape index (κ3) is 5.00. The molecule has 4 nitrogen and oxygen atoms in total. The molecule has 0 radical (unpaired) electrons. The number of aryl methyl sites for hydroxylation is 1. The first-order valence-corrected chi connectivity index (χ1v) is 10.4. The van der Waals surface area contributed by atoms with Crippen molar-refractivity contribution in [1.82, 2.24) is 14.8 Å². The second-order valence-corrected chi connectivity index (χ2v) is 8.97. The average Bonchev–Trinajstić information content (AvgIpc) is 3.15. The summed E-state index contributed by atoms with van der Waals surface area (Å²) in [6.45, 7) is 6.64. The van der Waals surface area contributed by atoms with Crippen molar-refractivity contribution in [2.45, 2.75) is 43.4 Å². The Hall–Kier alpha value is -2.10. The van der Waals surface area contributed by atoms with Gasteiger partial charge in [-0.05, 0) is 55.2 Å². The van der Waals surface area contributed by atoms with Gasteiger partial charge < -0.3 is 0 Å². The molecule has 0 N–H and O–H groups in total. The first-order chi connectivity index (χ1) is 12.9. The largest absolute Gasteiger partial charge is 0.249 e. The zero-order chi connectivity index (χ0) is 19.4. The molecule has 0 bridgehead atoms. The topological polar surface area (TPSA) is 54.5 Å². The van der Waals surface area contributed by atoms with Crippen molar-refractivity contribution in [1.29, 1.82) is 5.26 Å². The van der Waals surface area contributed by atoms with Crippen LogP contribution in [0.1, 0.15) is 36.1 Å². The smallest absolute Gasteiger partial charge is 0.137 e. The minimum Gasteiger partial charge on any atom is -0.249 e. The van der Waals surface area contributed by atoms with Crippen LogP contribution in [0.3, 0.4) is 0 Å². The van der Waals surface area contributed by atoms with E-state index >= 15 is 0 Å². The SMILES string of the molecule is Cc1ccc(SCc2cc(Cn3cncn3)cc(C(C)(C)C#N)c2)cc1Br. The molecule has 0 saturated heterocycles. The Balaban J connectivity index is 1.87. The average molecular weight is 441 g/mol. The van der Waals surface area contributed by atoms with Gasteiger partial charge in [0.2, 0.25) is 0 Å². The van der Waals surface area contributed by atoms with Gasteiger partial charge in [0.25, 0.3) is 0 Å². The Kier molecular flexibility index (Phi) is 6.03. The van der Waals surface area contributed by atoms with Crippen LogP contribution in [0.2, 0.25) is 0 Å². The highest BCUT2D eigenvalue weighted by atomic mass is 79.9. The minimum absolute atomic E-state index is 0.537. The van der Waals surface area contributed by atoms with Crippen LogP contribution in [0.4, 0.5) is 0 Å². The fraction of sp³-hybridized carbons (Fsp3) is 0.286. The zero-order valence-electron chi connectivity index (χ0n) is 15.6. The van der Waals surface area contributed by atoms with Crippen LogP contribution in [0.25, 0.3) is 0 Å². The maximum Gasteiger partial charge on any atom is 0.137 e. The molecule has 6 heteroatoms. The van der Waals surface area contributed by atoms with Crippen molar-refractivity contribution in [3.8, 4) is 6.07 Å². The van der Waals surface area contributed by atoms with Gasteiger partial charge in [-0.3, -0.25) is 0 Å². The molecule has 3 rings (SSSR count). The predicted octanol–water partition coefficient (Wildman–Crippen LogP) is 5.49. The normalized spacial score (nSPS) is 11.4. The maximum atomic E-state index is 9.56. The van der Waals surface area contributed by atoms with Crippen LogP contribution in [-0.2, 0) is 17.7 Å². The van der Waals surface area contributed by atoms with Crippen LogP contribution in [0.5, 0.6) is 0 Å². The standard InChI is InChI=1S/C21H21BrN4S/c1-15-4-5-19(9-20(15)22)27-11-17-6-16(10-26-14-24-13-25-26)7-18(8-17)21(2,3)12-23/h4-9,13-14H,10-11H2,1-3H3. The van der Waals surface area contributed by atoms with Crippen LogP contribution < -0.4 is 0 Å². The number of halogens is 1. The summed E-state index contributed by atoms with van der Waals surface area (Å²) in [7, 11) is 0. The molecule has 0 unspecified atom stereocenters. The Morgan fingerprint density at radius 3 is 2.63 bits per heavy atom. The van der Waals surface area contributed by atoms with Gasteiger partial charge in [0.05, 0.1) is 18.0 Å². The van der Waals surface area contributed by atoms with Gasteiger partial charge in [0, 0.05) is 15.1 Å². The first-order valence-electron chi connectivity index (χ1n) is 8.63. The lowest BCUT2D eigenvalue weighted by Gasteiger charge is -2.19. The predicted molar refractivity (Wildman–Crippen MR) is 113 cm³/mol. The Morgan fingerprint density at radius 1 is 1.19 bits per heavy atom. The van der Waals surface area contributed by atoms with Gasteiger partial charge >= 0.3 is 0 Å². The molecule has 0 atom stereocenters. The summed E-state index contributed by atoms with van der Waals surface area (Å²) in [6, 6.07) is 15.3. The lowest BCUT2D eigenvalue weighted by Crippen LogP contribution is -2.15. The quantitative estimate of drug-likeness (QED) is 0.475. The van der Waals surface area contributed by atoms with E-state index in [-0.39, 0.29) is 0 Å². The highest BCUT2D eigenvalue weighted by Crippen LogP contribution is 2.30. The lowest BCUT2D eigenvalue weighted by molar-refractivity contribution is 0.666. The molecule has 1 aromatic heterocycles. The van der Waals surface area contributed by atoms with Gasteiger partial charge in [-0.25, -0.2) is 9.67 Å². The molecule has 0 saturated carbocycles. The summed E-state index contributed by atoms with van der Waals surface area (Å²) in [5.41, 5.74) is 4.05. The second-order valence-electron chi connectivity index (χ2n) is 7.07. The van der Waals surface area contributed by atoms with E-state index in [9.17, 15) is 5.26 Å². The fourth-order valence-corrected chi connectivity index (χ4v) is 4.09. The van der Waals surface area contributed by atoms with E-state index in [0.29, 0.717) is 6.54 Å². The summed E-state index contributed by atoms with van der Waals surface area (Å²) in [6.07, 6.45) is 3.25. The number of hydrogen-bond acceptors (Lipinski definition) is 4. The molecular formula is C21H21BrN4S. The minimum atomic E-state index is -0.537. The summed E-state index contributed by atoms with van der Waals surface area (Å²) in [5.74, 6) is 0.842. The van der Waals surface area contributed by atoms with Gasteiger partial charge in [-0.2, -0.15) is 10.4 Å². The Bertz CT molecular complexity index is 974. The summed E-state index contributed by atoms with van der Waals surface area (Å²) >= 11 is 5.39. The van der Waals surface area contributed by atoms with E-state index in [0.717, 1.165) is 21.4 Å². The van der Waals surface area contributed by atoms with Gasteiger partial charge in [-0.15, -0.1) is 11.8 Å². The van der Waals surface area contributed by atoms with Crippen molar-refractivity contribution in [2.75, 3.05) is 0 Å². The number of nitriles is 1. The molecule has 3 aromatic rings. The second kappa shape index (κ2) is 8.28. The molecule has 0 spiro atoms. The number of thioether (sulfide) groups is 1. The van der Waals surface area contributed by atoms with Crippen molar-refractivity contribution in [3.63, 3.8) is 0 Å². The number of aromatic nitrogens is 3. The third-order valence-electron chi connectivity index (χ3n) is 4.41. The van der Waals surface area contributed by atoms with Crippen LogP contribution in [0.15, 0.2) is 58.4 Å². The summed E-state index contributed by atoms with van der Waals surface area (Å²) in [4.78, 5) is 5.23. The summed E-state index contributed by atoms with van der Waals surface area (Å²) < 4.78 is 2.92. The first kappa shape index (κ1) is 19.7. The van der Waals surface area contributed by atoms with Gasteiger partial charge in [0.15, 0.2) is 0 Å². The zero-order valence-corrected chi connectivity index (χ0v) is 18.0. The molecule has 138 valence electrons. The molecule has 0 aliphatic heterocycles. The fourth-order valence-electron chi connectivity index (χ4n) is 2.69. The Morgan fingerprint density at radius 2 is 1.96 bits per heavy atom. The van der Waals surface area contributed by atoms with E-state index < -0.39 is 5.41 Å². The monoisotopic (exact) mass is 440 g/mol. The molecule has 0 aliphatic rings.